The predicted molar refractivity (Wildman–Crippen MR) is 105 cm³/mol. The van der Waals surface area contributed by atoms with E-state index in [9.17, 15) is 13.2 Å². The molecule has 1 N–H and O–H groups in total. The maximum atomic E-state index is 13.0. The Morgan fingerprint density at radius 2 is 1.62 bits per heavy atom. The Labute approximate surface area is 158 Å². The Morgan fingerprint density at radius 1 is 1.04 bits per heavy atom. The SMILES string of the molecule is Cc1ccc(C(=O)NC(C(C)C)C(C)C)cc1S(=O)(=O)N1CCCCC1. The van der Waals surface area contributed by atoms with Gasteiger partial charge in [0.1, 0.15) is 0 Å². The van der Waals surface area contributed by atoms with Crippen LogP contribution in [0.5, 0.6) is 0 Å². The molecule has 26 heavy (non-hydrogen) atoms. The van der Waals surface area contributed by atoms with Crippen molar-refractivity contribution in [2.24, 2.45) is 11.8 Å². The second-order valence-corrected chi connectivity index (χ2v) is 9.84. The number of nitrogens with zero attached hydrogens (tertiary/aromatic N) is 1. The number of hydrogen-bond donors (Lipinski definition) is 1. The second kappa shape index (κ2) is 8.53. The van der Waals surface area contributed by atoms with Crippen molar-refractivity contribution in [3.8, 4) is 0 Å². The van der Waals surface area contributed by atoms with Crippen molar-refractivity contribution < 1.29 is 13.2 Å². The molecule has 5 nitrogen and oxygen atoms in total. The molecule has 0 saturated carbocycles. The van der Waals surface area contributed by atoms with E-state index in [1.54, 1.807) is 23.4 Å². The number of nitrogens with one attached hydrogen (secondary N) is 1. The fraction of sp³-hybridized carbons (Fsp3) is 0.650. The average Bonchev–Trinajstić information content (AvgIpc) is 2.59. The van der Waals surface area contributed by atoms with Gasteiger partial charge in [-0.05, 0) is 49.3 Å². The summed E-state index contributed by atoms with van der Waals surface area (Å²) in [6, 6.07) is 5.01. The number of benzene rings is 1. The van der Waals surface area contributed by atoms with Crippen LogP contribution in [0.2, 0.25) is 0 Å². The maximum Gasteiger partial charge on any atom is 0.251 e. The largest absolute Gasteiger partial charge is 0.349 e. The molecule has 0 spiro atoms. The quantitative estimate of drug-likeness (QED) is 0.820. The zero-order chi connectivity index (χ0) is 19.5. The Morgan fingerprint density at radius 3 is 2.15 bits per heavy atom. The van der Waals surface area contributed by atoms with Gasteiger partial charge in [-0.15, -0.1) is 0 Å². The highest BCUT2D eigenvalue weighted by Crippen LogP contribution is 2.24. The number of piperidine rings is 1. The molecular formula is C20H32N2O3S. The van der Waals surface area contributed by atoms with Crippen LogP contribution in [0.25, 0.3) is 0 Å². The van der Waals surface area contributed by atoms with E-state index in [0.717, 1.165) is 19.3 Å². The summed E-state index contributed by atoms with van der Waals surface area (Å²) in [5.74, 6) is 0.398. The topological polar surface area (TPSA) is 66.5 Å². The van der Waals surface area contributed by atoms with Crippen LogP contribution >= 0.6 is 0 Å². The van der Waals surface area contributed by atoms with Gasteiger partial charge in [-0.25, -0.2) is 8.42 Å². The van der Waals surface area contributed by atoms with Gasteiger partial charge in [0.2, 0.25) is 10.0 Å². The fourth-order valence-corrected chi connectivity index (χ4v) is 5.37. The lowest BCUT2D eigenvalue weighted by molar-refractivity contribution is 0.0910. The second-order valence-electron chi connectivity index (χ2n) is 7.93. The molecule has 1 aliphatic heterocycles. The summed E-state index contributed by atoms with van der Waals surface area (Å²) >= 11 is 0. The number of rotatable bonds is 6. The zero-order valence-corrected chi connectivity index (χ0v) is 17.4. The minimum Gasteiger partial charge on any atom is -0.349 e. The van der Waals surface area contributed by atoms with E-state index in [1.165, 1.54) is 6.07 Å². The average molecular weight is 381 g/mol. The molecule has 1 heterocycles. The number of carbonyl (C=O) groups excluding carboxylic acids is 1. The number of amides is 1. The molecule has 0 radical (unpaired) electrons. The van der Waals surface area contributed by atoms with Crippen LogP contribution in [0.1, 0.15) is 62.9 Å². The summed E-state index contributed by atoms with van der Waals surface area (Å²) in [4.78, 5) is 13.0. The summed E-state index contributed by atoms with van der Waals surface area (Å²) in [6.45, 7) is 11.2. The number of carbonyl (C=O) groups is 1. The van der Waals surface area contributed by atoms with E-state index >= 15 is 0 Å². The van der Waals surface area contributed by atoms with Crippen molar-refractivity contribution in [1.29, 1.82) is 0 Å². The fourth-order valence-electron chi connectivity index (χ4n) is 3.60. The highest BCUT2D eigenvalue weighted by atomic mass is 32.2. The molecule has 1 aromatic rings. The molecule has 0 atom stereocenters. The van der Waals surface area contributed by atoms with Crippen LogP contribution in [0.3, 0.4) is 0 Å². The molecule has 0 aromatic heterocycles. The van der Waals surface area contributed by atoms with Crippen LogP contribution in [0, 0.1) is 18.8 Å². The van der Waals surface area contributed by atoms with Crippen LogP contribution < -0.4 is 5.32 Å². The molecule has 1 aromatic carbocycles. The first kappa shape index (κ1) is 20.9. The number of sulfonamides is 1. The van der Waals surface area contributed by atoms with Crippen LogP contribution in [-0.2, 0) is 10.0 Å². The first-order valence-electron chi connectivity index (χ1n) is 9.56. The standard InChI is InChI=1S/C20H32N2O3S/c1-14(2)19(15(3)4)21-20(23)17-10-9-16(5)18(13-17)26(24,25)22-11-7-6-8-12-22/h9-10,13-15,19H,6-8,11-12H2,1-5H3,(H,21,23). The number of hydrogen-bond acceptors (Lipinski definition) is 3. The molecule has 1 amide bonds. The molecule has 1 fully saturated rings. The van der Waals surface area contributed by atoms with Gasteiger partial charge < -0.3 is 5.32 Å². The van der Waals surface area contributed by atoms with E-state index in [4.69, 9.17) is 0 Å². The van der Waals surface area contributed by atoms with Gasteiger partial charge in [0, 0.05) is 24.7 Å². The lowest BCUT2D eigenvalue weighted by atomic mass is 9.93. The minimum atomic E-state index is -3.56. The van der Waals surface area contributed by atoms with E-state index in [-0.39, 0.29) is 16.8 Å². The van der Waals surface area contributed by atoms with E-state index < -0.39 is 10.0 Å². The molecule has 0 unspecified atom stereocenters. The third-order valence-electron chi connectivity index (χ3n) is 5.12. The van der Waals surface area contributed by atoms with Gasteiger partial charge in [-0.2, -0.15) is 4.31 Å². The maximum absolute atomic E-state index is 13.0. The predicted octanol–water partition coefficient (Wildman–Crippen LogP) is 3.58. The molecule has 2 rings (SSSR count). The molecule has 1 saturated heterocycles. The molecular weight excluding hydrogens is 348 g/mol. The molecule has 6 heteroatoms. The Hall–Kier alpha value is -1.40. The van der Waals surface area contributed by atoms with E-state index in [1.807, 2.05) is 0 Å². The van der Waals surface area contributed by atoms with Gasteiger partial charge in [0.05, 0.1) is 4.90 Å². The lowest BCUT2D eigenvalue weighted by Crippen LogP contribution is -2.42. The minimum absolute atomic E-state index is 0.0472. The summed E-state index contributed by atoms with van der Waals surface area (Å²) in [7, 11) is -3.56. The van der Waals surface area contributed by atoms with Gasteiger partial charge in [0.25, 0.3) is 5.91 Å². The van der Waals surface area contributed by atoms with Gasteiger partial charge in [-0.1, -0.05) is 40.2 Å². The summed E-state index contributed by atoms with van der Waals surface area (Å²) in [5, 5.41) is 3.06. The molecule has 1 aliphatic rings. The Balaban J connectivity index is 2.30. The normalized spacial score (nSPS) is 16.5. The molecule has 0 aliphatic carbocycles. The van der Waals surface area contributed by atoms with Gasteiger partial charge in [-0.3, -0.25) is 4.79 Å². The van der Waals surface area contributed by atoms with Crippen molar-refractivity contribution in [2.75, 3.05) is 13.1 Å². The van der Waals surface area contributed by atoms with Crippen LogP contribution in [0.15, 0.2) is 23.1 Å². The highest BCUT2D eigenvalue weighted by Gasteiger charge is 2.28. The van der Waals surface area contributed by atoms with Crippen molar-refractivity contribution >= 4 is 15.9 Å². The summed E-state index contributed by atoms with van der Waals surface area (Å²) < 4.78 is 27.6. The van der Waals surface area contributed by atoms with Crippen LogP contribution in [-0.4, -0.2) is 37.8 Å². The van der Waals surface area contributed by atoms with Crippen molar-refractivity contribution in [1.82, 2.24) is 9.62 Å². The number of aryl methyl sites for hydroxylation is 1. The summed E-state index contributed by atoms with van der Waals surface area (Å²) in [5.41, 5.74) is 1.08. The van der Waals surface area contributed by atoms with Gasteiger partial charge in [0.15, 0.2) is 0 Å². The Kier molecular flexibility index (Phi) is 6.86. The molecule has 0 bridgehead atoms. The highest BCUT2D eigenvalue weighted by molar-refractivity contribution is 7.89. The monoisotopic (exact) mass is 380 g/mol. The third-order valence-corrected chi connectivity index (χ3v) is 7.16. The first-order chi connectivity index (χ1) is 12.1. The van der Waals surface area contributed by atoms with Crippen molar-refractivity contribution in [2.45, 2.75) is 64.8 Å². The molecule has 146 valence electrons. The van der Waals surface area contributed by atoms with Gasteiger partial charge >= 0.3 is 0 Å². The zero-order valence-electron chi connectivity index (χ0n) is 16.6. The first-order valence-corrected chi connectivity index (χ1v) is 11.0. The van der Waals surface area contributed by atoms with E-state index in [0.29, 0.717) is 36.1 Å². The Bertz CT molecular complexity index is 727. The van der Waals surface area contributed by atoms with Crippen molar-refractivity contribution in [3.05, 3.63) is 29.3 Å². The van der Waals surface area contributed by atoms with Crippen LogP contribution in [0.4, 0.5) is 0 Å². The summed E-state index contributed by atoms with van der Waals surface area (Å²) in [6.07, 6.45) is 2.85. The smallest absolute Gasteiger partial charge is 0.251 e. The van der Waals surface area contributed by atoms with Crippen molar-refractivity contribution in [3.63, 3.8) is 0 Å². The van der Waals surface area contributed by atoms with E-state index in [2.05, 4.69) is 33.0 Å². The lowest BCUT2D eigenvalue weighted by Gasteiger charge is -2.27. The third kappa shape index (κ3) is 4.65.